The van der Waals surface area contributed by atoms with E-state index in [0.717, 1.165) is 64.8 Å². The van der Waals surface area contributed by atoms with Crippen molar-refractivity contribution < 1.29 is 45.0 Å². The van der Waals surface area contributed by atoms with Crippen molar-refractivity contribution in [3.05, 3.63) is 176 Å². The maximum atomic E-state index is 16.1. The summed E-state index contributed by atoms with van der Waals surface area (Å²) in [5.74, 6) is 3.48. The zero-order valence-electron chi connectivity index (χ0n) is 42.7. The summed E-state index contributed by atoms with van der Waals surface area (Å²) in [7, 11) is 0. The van der Waals surface area contributed by atoms with Crippen LogP contribution in [0.15, 0.2) is 115 Å². The molecule has 0 saturated heterocycles. The van der Waals surface area contributed by atoms with E-state index in [1.807, 2.05) is 73.1 Å². The summed E-state index contributed by atoms with van der Waals surface area (Å²) in [4.78, 5) is 37.8. The first-order chi connectivity index (χ1) is 36.9. The third kappa shape index (κ3) is 10.4. The summed E-state index contributed by atoms with van der Waals surface area (Å²) < 4.78 is 6.48. The molecule has 76 heavy (non-hydrogen) atoms. The first-order valence-electron chi connectivity index (χ1n) is 27.2. The predicted molar refractivity (Wildman–Crippen MR) is 292 cm³/mol. The van der Waals surface area contributed by atoms with Crippen molar-refractivity contribution in [3.63, 3.8) is 0 Å². The number of hydrogen-bond acceptors (Lipinski definition) is 10. The molecule has 11 rings (SSSR count). The summed E-state index contributed by atoms with van der Waals surface area (Å²) in [5.41, 5.74) is 7.31. The second kappa shape index (κ2) is 21.8. The molecular weight excluding hydrogens is 955 g/mol. The lowest BCUT2D eigenvalue weighted by Crippen LogP contribution is -2.42. The van der Waals surface area contributed by atoms with E-state index < -0.39 is 54.0 Å². The summed E-state index contributed by atoms with van der Waals surface area (Å²) >= 11 is 0. The molecular formula is C64H67N3O9. The Kier molecular flexibility index (Phi) is 14.7. The van der Waals surface area contributed by atoms with Crippen molar-refractivity contribution in [2.45, 2.75) is 132 Å². The number of Topliss-reactive ketones (excluding diaryl/α,β-unsaturated/α-hetero) is 2. The Labute approximate surface area is 443 Å². The van der Waals surface area contributed by atoms with Crippen molar-refractivity contribution in [2.75, 3.05) is 11.9 Å². The van der Waals surface area contributed by atoms with Gasteiger partial charge in [0.25, 0.3) is 0 Å². The second-order valence-corrected chi connectivity index (χ2v) is 21.8. The minimum absolute atomic E-state index is 0.0775. The highest BCUT2D eigenvalue weighted by molar-refractivity contribution is 6.05. The number of hydrogen-bond donors (Lipinski definition) is 9. The summed E-state index contributed by atoms with van der Waals surface area (Å²) in [6.45, 7) is -0.436. The minimum atomic E-state index is -1.46. The van der Waals surface area contributed by atoms with Crippen LogP contribution in [0.3, 0.4) is 0 Å². The van der Waals surface area contributed by atoms with E-state index in [0.29, 0.717) is 60.2 Å². The van der Waals surface area contributed by atoms with E-state index in [1.54, 1.807) is 36.4 Å². The molecule has 0 amide bonds. The lowest BCUT2D eigenvalue weighted by atomic mass is 9.65. The number of aryl methyl sites for hydroxylation is 3. The molecule has 6 aromatic rings. The summed E-state index contributed by atoms with van der Waals surface area (Å²) in [6, 6.07) is 27.8. The standard InChI is InChI=1S/C64H67N3O9/c68-31-26-49-57(71)21-17-39-32-51(61(73)58(33-39)76-44-11-4-5-12-44)60(72)41-18-20-45-43(34-41)35-42-24-29-66-63(42)67-53(13-7-15-56(70)48(45)19-16-38-8-2-1-3-9-38)50-36-54-47(25-30-65-54)52(59(50)62(49)74)37-64(75)27-22-40-10-6-14-55(69)46(40)23-28-64/h1-3,6,8-10,14,18,20,23-25,28-30,32-34,36,44,48-49,52-53,56,59-60,65-70,72-73,75H,4-5,11-12,15-17,19,21-22,26-27,31,35,37H2/t48-,49+,52+,53-,56-,59-,60+,64+/m1/s1. The summed E-state index contributed by atoms with van der Waals surface area (Å²) in [6.07, 6.45) is 12.8. The molecule has 2 aromatic heterocycles. The Morgan fingerprint density at radius 3 is 2.45 bits per heavy atom. The van der Waals surface area contributed by atoms with Crippen molar-refractivity contribution in [3.8, 4) is 29.1 Å². The van der Waals surface area contributed by atoms with Gasteiger partial charge in [-0.3, -0.25) is 9.59 Å². The molecule has 5 bridgehead atoms. The molecule has 12 nitrogen and oxygen atoms in total. The number of aromatic nitrogens is 2. The van der Waals surface area contributed by atoms with Crippen LogP contribution >= 0.6 is 0 Å². The van der Waals surface area contributed by atoms with Crippen LogP contribution < -0.4 is 10.1 Å². The molecule has 5 aliphatic rings. The van der Waals surface area contributed by atoms with Crippen molar-refractivity contribution in [1.82, 2.24) is 9.97 Å². The van der Waals surface area contributed by atoms with Gasteiger partial charge in [-0.25, -0.2) is 0 Å². The van der Waals surface area contributed by atoms with Crippen LogP contribution in [0, 0.1) is 23.7 Å². The van der Waals surface area contributed by atoms with Crippen molar-refractivity contribution in [2.24, 2.45) is 11.8 Å². The van der Waals surface area contributed by atoms with Crippen molar-refractivity contribution >= 4 is 29.5 Å². The zero-order chi connectivity index (χ0) is 52.5. The van der Waals surface area contributed by atoms with Gasteiger partial charge in [-0.2, -0.15) is 0 Å². The number of phenolic OH excluding ortho intramolecular Hbond substituents is 2. The highest BCUT2D eigenvalue weighted by Gasteiger charge is 2.47. The van der Waals surface area contributed by atoms with E-state index in [2.05, 4.69) is 39.3 Å². The number of rotatable bonds is 9. The molecule has 4 heterocycles. The predicted octanol–water partition coefficient (Wildman–Crippen LogP) is 9.67. The minimum Gasteiger partial charge on any atom is -0.507 e. The van der Waals surface area contributed by atoms with Gasteiger partial charge >= 0.3 is 0 Å². The molecule has 0 unspecified atom stereocenters. The maximum Gasteiger partial charge on any atom is 0.163 e. The highest BCUT2D eigenvalue weighted by Crippen LogP contribution is 2.49. The Morgan fingerprint density at radius 1 is 0.789 bits per heavy atom. The largest absolute Gasteiger partial charge is 0.507 e. The first kappa shape index (κ1) is 51.0. The first-order valence-corrected chi connectivity index (χ1v) is 27.2. The van der Waals surface area contributed by atoms with E-state index >= 15 is 4.79 Å². The van der Waals surface area contributed by atoms with Crippen molar-refractivity contribution in [1.29, 1.82) is 0 Å². The van der Waals surface area contributed by atoms with Gasteiger partial charge in [-0.05, 0) is 157 Å². The fourth-order valence-electron chi connectivity index (χ4n) is 12.8. The number of phenols is 2. The number of aliphatic hydroxyl groups excluding tert-OH is 3. The average molecular weight is 1020 g/mol. The number of ketones is 2. The SMILES string of the molecule is O=C1CCc2cc(OC3CCCC3)c(O)c(c2)[C@@H](O)c2ccc3c(c2)Cc2cc[nH]c2N[C@H](C#CC[C@@H](O)[C@@H]3CCc2ccccc2)C2=Cc3[nH]ccc3[C@H](C[C@@]3(O)C=Cc4c(O)cccc4CC3)[C@@H]2C(=O)[C@H]1CCO. The van der Waals surface area contributed by atoms with Crippen LogP contribution in [0.25, 0.3) is 12.2 Å². The van der Waals surface area contributed by atoms with E-state index in [9.17, 15) is 35.4 Å². The van der Waals surface area contributed by atoms with Gasteiger partial charge < -0.3 is 50.7 Å². The number of carbonyl (C=O) groups excluding carboxylic acids is 2. The fraction of sp³-hybridized carbons (Fsp3) is 0.375. The van der Waals surface area contributed by atoms with Crippen LogP contribution in [0.5, 0.6) is 17.2 Å². The number of fused-ring (bicyclic) bond motifs is 8. The van der Waals surface area contributed by atoms with Gasteiger partial charge in [0.05, 0.1) is 23.7 Å². The number of aliphatic hydroxyl groups is 4. The molecule has 0 radical (unpaired) electrons. The van der Waals surface area contributed by atoms with E-state index in [4.69, 9.17) is 4.74 Å². The number of benzene rings is 4. The second-order valence-electron chi connectivity index (χ2n) is 21.8. The van der Waals surface area contributed by atoms with E-state index in [-0.39, 0.29) is 72.7 Å². The molecule has 1 fully saturated rings. The number of ether oxygens (including phenoxy) is 1. The molecule has 0 spiro atoms. The highest BCUT2D eigenvalue weighted by atomic mass is 16.5. The Bertz CT molecular complexity index is 3240. The van der Waals surface area contributed by atoms with Crippen LogP contribution in [-0.2, 0) is 35.3 Å². The fourth-order valence-corrected chi connectivity index (χ4v) is 12.8. The number of aromatic hydroxyl groups is 2. The quantitative estimate of drug-likeness (QED) is 0.0495. The number of aromatic amines is 2. The van der Waals surface area contributed by atoms with Crippen LogP contribution in [0.4, 0.5) is 5.82 Å². The average Bonchev–Trinajstić information content (AvgIpc) is 4.24. The molecule has 2 aliphatic heterocycles. The smallest absolute Gasteiger partial charge is 0.163 e. The Morgan fingerprint density at radius 2 is 1.62 bits per heavy atom. The topological polar surface area (TPSA) is 208 Å². The van der Waals surface area contributed by atoms with Gasteiger partial charge in [-0.1, -0.05) is 84.7 Å². The Balaban J connectivity index is 1.09. The molecule has 12 heteroatoms. The van der Waals surface area contributed by atoms with Crippen LogP contribution in [-0.4, -0.2) is 82.6 Å². The monoisotopic (exact) mass is 1020 g/mol. The normalized spacial score (nSPS) is 25.5. The van der Waals surface area contributed by atoms with Gasteiger partial charge in [0, 0.05) is 72.8 Å². The van der Waals surface area contributed by atoms with Gasteiger partial charge in [0.15, 0.2) is 17.3 Å². The molecule has 3 aliphatic carbocycles. The Hall–Kier alpha value is -7.14. The number of nitrogens with one attached hydrogen (secondary N) is 3. The molecule has 392 valence electrons. The molecule has 8 atom stereocenters. The molecule has 1 saturated carbocycles. The molecule has 4 aromatic carbocycles. The number of H-pyrrole nitrogens is 2. The third-order valence-corrected chi connectivity index (χ3v) is 16.9. The lowest BCUT2D eigenvalue weighted by Gasteiger charge is -2.39. The van der Waals surface area contributed by atoms with Crippen LogP contribution in [0.1, 0.15) is 143 Å². The molecule has 9 N–H and O–H groups in total. The van der Waals surface area contributed by atoms with Gasteiger partial charge in [0.1, 0.15) is 29.5 Å². The third-order valence-electron chi connectivity index (χ3n) is 16.9. The van der Waals surface area contributed by atoms with Gasteiger partial charge in [-0.15, -0.1) is 0 Å². The number of carbonyl (C=O) groups is 2. The summed E-state index contributed by atoms with van der Waals surface area (Å²) in [5, 5.41) is 75.1. The zero-order valence-corrected chi connectivity index (χ0v) is 42.7. The maximum absolute atomic E-state index is 16.1. The van der Waals surface area contributed by atoms with Gasteiger partial charge in [0.2, 0.25) is 0 Å². The lowest BCUT2D eigenvalue weighted by molar-refractivity contribution is -0.135. The van der Waals surface area contributed by atoms with E-state index in [1.165, 1.54) is 0 Å². The number of anilines is 1. The van der Waals surface area contributed by atoms with Crippen LogP contribution in [0.2, 0.25) is 0 Å².